The molecule has 0 radical (unpaired) electrons. The van der Waals surface area contributed by atoms with Crippen molar-refractivity contribution in [2.45, 2.75) is 78.6 Å². The highest BCUT2D eigenvalue weighted by Gasteiger charge is 2.17. The number of hydrogen-bond acceptors (Lipinski definition) is 0. The van der Waals surface area contributed by atoms with Crippen LogP contribution in [0.5, 0.6) is 0 Å². The fourth-order valence-electron chi connectivity index (χ4n) is 4.28. The molecule has 0 fully saturated rings. The molecule has 0 bridgehead atoms. The van der Waals surface area contributed by atoms with Crippen molar-refractivity contribution in [3.8, 4) is 0 Å². The van der Waals surface area contributed by atoms with E-state index in [9.17, 15) is 0 Å². The molecule has 0 heterocycles. The van der Waals surface area contributed by atoms with Gasteiger partial charge in [-0.05, 0) is 98.5 Å². The lowest BCUT2D eigenvalue weighted by Crippen LogP contribution is -2.05. The van der Waals surface area contributed by atoms with Crippen LogP contribution >= 0.6 is 0 Å². The Morgan fingerprint density at radius 2 is 2.00 bits per heavy atom. The van der Waals surface area contributed by atoms with Gasteiger partial charge in [-0.1, -0.05) is 62.4 Å². The van der Waals surface area contributed by atoms with Crippen molar-refractivity contribution in [1.82, 2.24) is 0 Å². The van der Waals surface area contributed by atoms with Crippen LogP contribution in [0.15, 0.2) is 60.7 Å². The quantitative estimate of drug-likeness (QED) is 0.366. The normalized spacial score (nSPS) is 16.7. The van der Waals surface area contributed by atoms with E-state index >= 15 is 0 Å². The van der Waals surface area contributed by atoms with Crippen LogP contribution in [0.2, 0.25) is 0 Å². The highest BCUT2D eigenvalue weighted by Crippen LogP contribution is 2.35. The average Bonchev–Trinajstić information content (AvgIpc) is 2.71. The lowest BCUT2D eigenvalue weighted by atomic mass is 9.82. The third-order valence-electron chi connectivity index (χ3n) is 6.10. The predicted molar refractivity (Wildman–Crippen MR) is 122 cm³/mol. The Morgan fingerprint density at radius 3 is 2.67 bits per heavy atom. The predicted octanol–water partition coefficient (Wildman–Crippen LogP) is 8.55. The van der Waals surface area contributed by atoms with E-state index in [4.69, 9.17) is 0 Å². The maximum atomic E-state index is 4.05. The second kappa shape index (κ2) is 11.1. The van der Waals surface area contributed by atoms with Crippen LogP contribution in [-0.4, -0.2) is 0 Å². The number of allylic oxidation sites excluding steroid dienone is 7. The van der Waals surface area contributed by atoms with Gasteiger partial charge in [0.1, 0.15) is 0 Å². The van der Waals surface area contributed by atoms with Crippen LogP contribution in [-0.2, 0) is 0 Å². The number of aryl methyl sites for hydroxylation is 1. The average molecular weight is 363 g/mol. The molecule has 0 amide bonds. The SMILES string of the molecule is C=CC(C/C=C\C)CCC(CC)c1cc(C2=C(CC)C=CCC2)ccc1C. The first-order chi connectivity index (χ1) is 13.1. The molecular weight excluding hydrogens is 324 g/mol. The lowest BCUT2D eigenvalue weighted by molar-refractivity contribution is 0.499. The second-order valence-electron chi connectivity index (χ2n) is 7.85. The fraction of sp³-hybridized carbons (Fsp3) is 0.481. The largest absolute Gasteiger partial charge is 0.103 e. The van der Waals surface area contributed by atoms with E-state index in [1.165, 1.54) is 48.8 Å². The van der Waals surface area contributed by atoms with Crippen molar-refractivity contribution >= 4 is 5.57 Å². The van der Waals surface area contributed by atoms with Gasteiger partial charge < -0.3 is 0 Å². The smallest absolute Gasteiger partial charge is 0.0162 e. The van der Waals surface area contributed by atoms with Crippen molar-refractivity contribution in [3.05, 3.63) is 77.4 Å². The first-order valence-electron chi connectivity index (χ1n) is 10.9. The van der Waals surface area contributed by atoms with Gasteiger partial charge in [-0.3, -0.25) is 0 Å². The summed E-state index contributed by atoms with van der Waals surface area (Å²) in [6.45, 7) is 13.0. The van der Waals surface area contributed by atoms with Gasteiger partial charge in [0.25, 0.3) is 0 Å². The van der Waals surface area contributed by atoms with Crippen LogP contribution < -0.4 is 0 Å². The highest BCUT2D eigenvalue weighted by molar-refractivity contribution is 5.73. The minimum atomic E-state index is 0.594. The Balaban J connectivity index is 2.23. The summed E-state index contributed by atoms with van der Waals surface area (Å²) in [6.07, 6.45) is 19.5. The summed E-state index contributed by atoms with van der Waals surface area (Å²) in [5, 5.41) is 0. The summed E-state index contributed by atoms with van der Waals surface area (Å²) in [7, 11) is 0. The van der Waals surface area contributed by atoms with Gasteiger partial charge in [0.05, 0.1) is 0 Å². The molecule has 2 rings (SSSR count). The zero-order valence-corrected chi connectivity index (χ0v) is 17.9. The molecule has 0 saturated heterocycles. The third kappa shape index (κ3) is 5.83. The summed E-state index contributed by atoms with van der Waals surface area (Å²) in [5.41, 5.74) is 7.53. The van der Waals surface area contributed by atoms with Crippen molar-refractivity contribution in [1.29, 1.82) is 0 Å². The molecule has 0 saturated carbocycles. The van der Waals surface area contributed by atoms with Gasteiger partial charge in [-0.15, -0.1) is 6.58 Å². The molecule has 1 aromatic rings. The number of rotatable bonds is 10. The molecule has 0 nitrogen and oxygen atoms in total. The lowest BCUT2D eigenvalue weighted by Gasteiger charge is -2.22. The summed E-state index contributed by atoms with van der Waals surface area (Å²) in [6, 6.07) is 7.19. The van der Waals surface area contributed by atoms with E-state index in [1.807, 2.05) is 0 Å². The Morgan fingerprint density at radius 1 is 1.19 bits per heavy atom. The first kappa shape index (κ1) is 21.5. The van der Waals surface area contributed by atoms with Gasteiger partial charge >= 0.3 is 0 Å². The van der Waals surface area contributed by atoms with Crippen LogP contribution in [0, 0.1) is 12.8 Å². The van der Waals surface area contributed by atoms with Crippen LogP contribution in [0.4, 0.5) is 0 Å². The molecular formula is C27H38. The first-order valence-corrected chi connectivity index (χ1v) is 10.9. The Bertz CT molecular complexity index is 699. The molecule has 1 aliphatic carbocycles. The van der Waals surface area contributed by atoms with Crippen molar-refractivity contribution in [2.24, 2.45) is 5.92 Å². The molecule has 0 heteroatoms. The summed E-state index contributed by atoms with van der Waals surface area (Å²) < 4.78 is 0. The topological polar surface area (TPSA) is 0 Å². The molecule has 0 aromatic heterocycles. The minimum Gasteiger partial charge on any atom is -0.103 e. The standard InChI is InChI=1S/C27H38/c1-6-10-13-22(7-2)17-19-24(9-4)27-20-25(18-16-21(27)5)26-15-12-11-14-23(26)8-3/h6-7,10-11,14,16,18,20,22,24H,2,8-9,12-13,15,17,19H2,1,3-5H3/b10-6-. The van der Waals surface area contributed by atoms with Crippen LogP contribution in [0.1, 0.15) is 88.3 Å². The maximum Gasteiger partial charge on any atom is -0.0162 e. The molecule has 0 aliphatic heterocycles. The molecule has 0 spiro atoms. The molecule has 0 N–H and O–H groups in total. The van der Waals surface area contributed by atoms with Crippen LogP contribution in [0.3, 0.4) is 0 Å². The van der Waals surface area contributed by atoms with E-state index in [2.05, 4.69) is 82.9 Å². The molecule has 2 unspecified atom stereocenters. The monoisotopic (exact) mass is 362 g/mol. The van der Waals surface area contributed by atoms with Gasteiger partial charge in [-0.25, -0.2) is 0 Å². The van der Waals surface area contributed by atoms with E-state index in [-0.39, 0.29) is 0 Å². The van der Waals surface area contributed by atoms with Gasteiger partial charge in [0.2, 0.25) is 0 Å². The Labute approximate surface area is 167 Å². The summed E-state index contributed by atoms with van der Waals surface area (Å²) in [4.78, 5) is 0. The molecule has 146 valence electrons. The summed E-state index contributed by atoms with van der Waals surface area (Å²) in [5.74, 6) is 1.24. The van der Waals surface area contributed by atoms with Crippen molar-refractivity contribution in [3.63, 3.8) is 0 Å². The zero-order chi connectivity index (χ0) is 19.6. The number of hydrogen-bond donors (Lipinski definition) is 0. The second-order valence-corrected chi connectivity index (χ2v) is 7.85. The van der Waals surface area contributed by atoms with E-state index in [0.717, 1.165) is 12.8 Å². The maximum absolute atomic E-state index is 4.05. The van der Waals surface area contributed by atoms with Crippen LogP contribution in [0.25, 0.3) is 5.57 Å². The fourth-order valence-corrected chi connectivity index (χ4v) is 4.28. The van der Waals surface area contributed by atoms with Crippen molar-refractivity contribution < 1.29 is 0 Å². The van der Waals surface area contributed by atoms with Gasteiger partial charge in [0, 0.05) is 0 Å². The van der Waals surface area contributed by atoms with E-state index in [1.54, 1.807) is 11.1 Å². The van der Waals surface area contributed by atoms with E-state index in [0.29, 0.717) is 11.8 Å². The molecule has 1 aromatic carbocycles. The van der Waals surface area contributed by atoms with Crippen molar-refractivity contribution in [2.75, 3.05) is 0 Å². The van der Waals surface area contributed by atoms with Gasteiger partial charge in [-0.2, -0.15) is 0 Å². The number of benzene rings is 1. The molecule has 27 heavy (non-hydrogen) atoms. The third-order valence-corrected chi connectivity index (χ3v) is 6.10. The Hall–Kier alpha value is -1.82. The minimum absolute atomic E-state index is 0.594. The highest BCUT2D eigenvalue weighted by atomic mass is 14.2. The van der Waals surface area contributed by atoms with E-state index < -0.39 is 0 Å². The van der Waals surface area contributed by atoms with Gasteiger partial charge in [0.15, 0.2) is 0 Å². The zero-order valence-electron chi connectivity index (χ0n) is 17.9. The summed E-state index contributed by atoms with van der Waals surface area (Å²) >= 11 is 0. The molecule has 2 atom stereocenters. The Kier molecular flexibility index (Phi) is 8.85. The molecule has 1 aliphatic rings.